The minimum absolute atomic E-state index is 0.0154. The molecule has 1 unspecified atom stereocenters. The van der Waals surface area contributed by atoms with Gasteiger partial charge in [0.2, 0.25) is 11.7 Å². The Morgan fingerprint density at radius 2 is 2.16 bits per heavy atom. The summed E-state index contributed by atoms with van der Waals surface area (Å²) in [5, 5.41) is 7.28. The number of benzene rings is 1. The van der Waals surface area contributed by atoms with Crippen LogP contribution < -0.4 is 11.1 Å². The van der Waals surface area contributed by atoms with Crippen LogP contribution in [0.25, 0.3) is 11.4 Å². The fourth-order valence-corrected chi connectivity index (χ4v) is 2.01. The Bertz CT molecular complexity index is 532. The summed E-state index contributed by atoms with van der Waals surface area (Å²) in [6.07, 6.45) is 0. The molecule has 19 heavy (non-hydrogen) atoms. The average molecular weight is 260 g/mol. The van der Waals surface area contributed by atoms with Crippen LogP contribution in [0.15, 0.2) is 28.8 Å². The van der Waals surface area contributed by atoms with Crippen LogP contribution in [0, 0.1) is 0 Å². The lowest BCUT2D eigenvalue weighted by Crippen LogP contribution is -2.34. The molecule has 6 heteroatoms. The summed E-state index contributed by atoms with van der Waals surface area (Å²) in [6.45, 7) is 2.61. The first-order chi connectivity index (χ1) is 9.36. The van der Waals surface area contributed by atoms with Crippen LogP contribution in [-0.4, -0.2) is 29.9 Å². The van der Waals surface area contributed by atoms with Crippen molar-refractivity contribution in [3.63, 3.8) is 0 Å². The predicted octanol–water partition coefficient (Wildman–Crippen LogP) is 0.856. The molecule has 0 radical (unpaired) electrons. The second-order valence-corrected chi connectivity index (χ2v) is 4.44. The molecular formula is C13H16N4O2. The molecule has 0 bridgehead atoms. The lowest BCUT2D eigenvalue weighted by molar-refractivity contribution is 0.0659. The summed E-state index contributed by atoms with van der Waals surface area (Å²) >= 11 is 0. The van der Waals surface area contributed by atoms with E-state index in [1.165, 1.54) is 0 Å². The molecule has 0 amide bonds. The Balaban J connectivity index is 1.79. The Morgan fingerprint density at radius 3 is 2.84 bits per heavy atom. The number of nitrogens with zero attached hydrogens (tertiary/aromatic N) is 2. The summed E-state index contributed by atoms with van der Waals surface area (Å²) in [5.41, 5.74) is 7.57. The standard InChI is InChI=1S/C13H16N4O2/c14-7-9-1-3-10(4-2-9)12-16-13(19-17-12)11-8-18-6-5-15-11/h1-4,11,15H,5-8,14H2. The third-order valence-electron chi connectivity index (χ3n) is 3.11. The van der Waals surface area contributed by atoms with Crippen molar-refractivity contribution in [3.8, 4) is 11.4 Å². The fraction of sp³-hybridized carbons (Fsp3) is 0.385. The maximum Gasteiger partial charge on any atom is 0.246 e. The van der Waals surface area contributed by atoms with Crippen molar-refractivity contribution in [2.24, 2.45) is 5.73 Å². The molecule has 1 aromatic carbocycles. The van der Waals surface area contributed by atoms with Crippen LogP contribution in [-0.2, 0) is 11.3 Å². The molecule has 1 fully saturated rings. The molecule has 0 saturated carbocycles. The van der Waals surface area contributed by atoms with E-state index in [0.29, 0.717) is 24.9 Å². The highest BCUT2D eigenvalue weighted by Crippen LogP contribution is 2.20. The Labute approximate surface area is 110 Å². The maximum absolute atomic E-state index is 5.57. The smallest absolute Gasteiger partial charge is 0.246 e. The molecule has 1 aromatic heterocycles. The van der Waals surface area contributed by atoms with Gasteiger partial charge in [-0.05, 0) is 5.56 Å². The van der Waals surface area contributed by atoms with E-state index in [4.69, 9.17) is 15.0 Å². The van der Waals surface area contributed by atoms with Crippen molar-refractivity contribution in [3.05, 3.63) is 35.7 Å². The van der Waals surface area contributed by atoms with Crippen molar-refractivity contribution in [2.75, 3.05) is 19.8 Å². The highest BCUT2D eigenvalue weighted by atomic mass is 16.5. The Morgan fingerprint density at radius 1 is 1.32 bits per heavy atom. The lowest BCUT2D eigenvalue weighted by atomic mass is 10.1. The third kappa shape index (κ3) is 2.65. The molecule has 100 valence electrons. The van der Waals surface area contributed by atoms with Gasteiger partial charge in [-0.1, -0.05) is 29.4 Å². The molecule has 0 spiro atoms. The largest absolute Gasteiger partial charge is 0.378 e. The first-order valence-corrected chi connectivity index (χ1v) is 6.31. The molecule has 3 N–H and O–H groups in total. The van der Waals surface area contributed by atoms with Gasteiger partial charge in [0.1, 0.15) is 6.04 Å². The van der Waals surface area contributed by atoms with Crippen LogP contribution in [0.5, 0.6) is 0 Å². The molecule has 6 nitrogen and oxygen atoms in total. The number of morpholine rings is 1. The minimum Gasteiger partial charge on any atom is -0.378 e. The number of nitrogens with two attached hydrogens (primary N) is 1. The van der Waals surface area contributed by atoms with E-state index in [1.54, 1.807) is 0 Å². The summed E-state index contributed by atoms with van der Waals surface area (Å²) in [5.74, 6) is 1.16. The van der Waals surface area contributed by atoms with E-state index in [9.17, 15) is 0 Å². The summed E-state index contributed by atoms with van der Waals surface area (Å²) in [7, 11) is 0. The van der Waals surface area contributed by atoms with Crippen molar-refractivity contribution >= 4 is 0 Å². The Hall–Kier alpha value is -1.76. The highest BCUT2D eigenvalue weighted by Gasteiger charge is 2.21. The average Bonchev–Trinajstić information content (AvgIpc) is 2.98. The second kappa shape index (κ2) is 5.48. The number of aromatic nitrogens is 2. The van der Waals surface area contributed by atoms with Crippen molar-refractivity contribution in [1.29, 1.82) is 0 Å². The number of hydrogen-bond donors (Lipinski definition) is 2. The minimum atomic E-state index is -0.0154. The van der Waals surface area contributed by atoms with Gasteiger partial charge in [-0.2, -0.15) is 4.98 Å². The summed E-state index contributed by atoms with van der Waals surface area (Å²) in [6, 6.07) is 7.81. The van der Waals surface area contributed by atoms with Gasteiger partial charge in [0.25, 0.3) is 0 Å². The quantitative estimate of drug-likeness (QED) is 0.851. The first-order valence-electron chi connectivity index (χ1n) is 6.31. The number of rotatable bonds is 3. The highest BCUT2D eigenvalue weighted by molar-refractivity contribution is 5.54. The van der Waals surface area contributed by atoms with E-state index in [-0.39, 0.29) is 6.04 Å². The van der Waals surface area contributed by atoms with Gasteiger partial charge in [-0.25, -0.2) is 0 Å². The molecular weight excluding hydrogens is 244 g/mol. The van der Waals surface area contributed by atoms with Crippen molar-refractivity contribution < 1.29 is 9.26 Å². The molecule has 1 atom stereocenters. The zero-order chi connectivity index (χ0) is 13.1. The van der Waals surface area contributed by atoms with Crippen molar-refractivity contribution in [1.82, 2.24) is 15.5 Å². The maximum atomic E-state index is 5.57. The normalized spacial score (nSPS) is 19.5. The molecule has 1 saturated heterocycles. The number of hydrogen-bond acceptors (Lipinski definition) is 6. The predicted molar refractivity (Wildman–Crippen MR) is 69.2 cm³/mol. The van der Waals surface area contributed by atoms with E-state index >= 15 is 0 Å². The topological polar surface area (TPSA) is 86.2 Å². The molecule has 2 heterocycles. The van der Waals surface area contributed by atoms with Crippen LogP contribution in [0.1, 0.15) is 17.5 Å². The molecule has 3 rings (SSSR count). The van der Waals surface area contributed by atoms with E-state index in [2.05, 4.69) is 15.5 Å². The van der Waals surface area contributed by atoms with E-state index in [0.717, 1.165) is 24.3 Å². The molecule has 2 aromatic rings. The molecule has 1 aliphatic rings. The van der Waals surface area contributed by atoms with E-state index < -0.39 is 0 Å². The van der Waals surface area contributed by atoms with Crippen LogP contribution >= 0.6 is 0 Å². The molecule has 0 aliphatic carbocycles. The van der Waals surface area contributed by atoms with Gasteiger partial charge in [-0.3, -0.25) is 0 Å². The summed E-state index contributed by atoms with van der Waals surface area (Å²) in [4.78, 5) is 4.41. The second-order valence-electron chi connectivity index (χ2n) is 4.44. The van der Waals surface area contributed by atoms with Crippen LogP contribution in [0.3, 0.4) is 0 Å². The number of ether oxygens (including phenoxy) is 1. The lowest BCUT2D eigenvalue weighted by Gasteiger charge is -2.20. The van der Waals surface area contributed by atoms with Gasteiger partial charge < -0.3 is 20.3 Å². The van der Waals surface area contributed by atoms with Gasteiger partial charge >= 0.3 is 0 Å². The third-order valence-corrected chi connectivity index (χ3v) is 3.11. The van der Waals surface area contributed by atoms with Crippen molar-refractivity contribution in [2.45, 2.75) is 12.6 Å². The SMILES string of the molecule is NCc1ccc(-c2noc(C3COCCN3)n2)cc1. The van der Waals surface area contributed by atoms with Gasteiger partial charge in [0.05, 0.1) is 13.2 Å². The van der Waals surface area contributed by atoms with E-state index in [1.807, 2.05) is 24.3 Å². The summed E-state index contributed by atoms with van der Waals surface area (Å²) < 4.78 is 10.7. The monoisotopic (exact) mass is 260 g/mol. The zero-order valence-electron chi connectivity index (χ0n) is 10.5. The van der Waals surface area contributed by atoms with Gasteiger partial charge in [-0.15, -0.1) is 0 Å². The first kappa shape index (κ1) is 12.3. The Kier molecular flexibility index (Phi) is 3.54. The molecule has 1 aliphatic heterocycles. The fourth-order valence-electron chi connectivity index (χ4n) is 2.01. The number of nitrogens with one attached hydrogen (secondary N) is 1. The van der Waals surface area contributed by atoms with Gasteiger partial charge in [0.15, 0.2) is 0 Å². The van der Waals surface area contributed by atoms with Crippen LogP contribution in [0.2, 0.25) is 0 Å². The zero-order valence-corrected chi connectivity index (χ0v) is 10.5. The van der Waals surface area contributed by atoms with Crippen LogP contribution in [0.4, 0.5) is 0 Å². The van der Waals surface area contributed by atoms with Gasteiger partial charge in [0, 0.05) is 18.7 Å².